The van der Waals surface area contributed by atoms with Crippen molar-refractivity contribution in [1.82, 2.24) is 10.1 Å². The third kappa shape index (κ3) is 5.10. The molecule has 0 atom stereocenters. The van der Waals surface area contributed by atoms with E-state index in [-0.39, 0.29) is 6.61 Å². The molecule has 0 fully saturated rings. The highest BCUT2D eigenvalue weighted by molar-refractivity contribution is 7.98. The number of rotatable bonds is 9. The Morgan fingerprint density at radius 3 is 2.65 bits per heavy atom. The zero-order chi connectivity index (χ0) is 24.1. The van der Waals surface area contributed by atoms with Crippen LogP contribution in [0.1, 0.15) is 33.1 Å². The number of thiazole rings is 1. The van der Waals surface area contributed by atoms with Crippen LogP contribution in [0.4, 0.5) is 0 Å². The maximum atomic E-state index is 12.9. The first-order valence-electron chi connectivity index (χ1n) is 10.5. The molecule has 176 valence electrons. The van der Waals surface area contributed by atoms with E-state index in [4.69, 9.17) is 18.7 Å². The van der Waals surface area contributed by atoms with Crippen molar-refractivity contribution in [1.29, 1.82) is 0 Å². The Morgan fingerprint density at radius 2 is 1.91 bits per heavy atom. The zero-order valence-electron chi connectivity index (χ0n) is 19.3. The van der Waals surface area contributed by atoms with Gasteiger partial charge in [-0.05, 0) is 38.1 Å². The lowest BCUT2D eigenvalue weighted by atomic mass is 10.2. The molecule has 0 aliphatic carbocycles. The second-order valence-electron chi connectivity index (χ2n) is 7.35. The lowest BCUT2D eigenvalue weighted by Gasteiger charge is -2.10. The van der Waals surface area contributed by atoms with Crippen molar-refractivity contribution in [2.24, 2.45) is 0 Å². The van der Waals surface area contributed by atoms with E-state index < -0.39 is 5.97 Å². The first-order valence-corrected chi connectivity index (χ1v) is 12.3. The number of carbonyl (C=O) groups is 1. The van der Waals surface area contributed by atoms with Gasteiger partial charge in [-0.15, -0.1) is 23.1 Å². The van der Waals surface area contributed by atoms with Crippen LogP contribution in [0.25, 0.3) is 10.6 Å². The predicted octanol–water partition coefficient (Wildman–Crippen LogP) is 6.08. The van der Waals surface area contributed by atoms with Gasteiger partial charge in [0, 0.05) is 21.6 Å². The molecule has 2 aromatic heterocycles. The number of carbonyl (C=O) groups excluding carboxylic acids is 1. The first kappa shape index (κ1) is 23.8. The van der Waals surface area contributed by atoms with Crippen LogP contribution in [0.5, 0.6) is 11.5 Å². The zero-order valence-corrected chi connectivity index (χ0v) is 20.9. The lowest BCUT2D eigenvalue weighted by Crippen LogP contribution is -2.07. The van der Waals surface area contributed by atoms with Crippen molar-refractivity contribution in [3.63, 3.8) is 0 Å². The van der Waals surface area contributed by atoms with Gasteiger partial charge in [-0.25, -0.2) is 9.78 Å². The number of nitrogens with zero attached hydrogens (tertiary/aromatic N) is 2. The van der Waals surface area contributed by atoms with Gasteiger partial charge in [0.05, 0.1) is 36.7 Å². The molecule has 0 radical (unpaired) electrons. The fourth-order valence-corrected chi connectivity index (χ4v) is 5.41. The number of para-hydroxylation sites is 1. The highest BCUT2D eigenvalue weighted by Crippen LogP contribution is 2.39. The molecule has 0 amide bonds. The van der Waals surface area contributed by atoms with E-state index in [1.807, 2.05) is 55.6 Å². The molecular weight excluding hydrogens is 472 g/mol. The molecule has 0 aliphatic heterocycles. The van der Waals surface area contributed by atoms with Gasteiger partial charge in [-0.3, -0.25) is 0 Å². The van der Waals surface area contributed by atoms with Gasteiger partial charge in [-0.2, -0.15) is 0 Å². The summed E-state index contributed by atoms with van der Waals surface area (Å²) in [6.07, 6.45) is 0. The molecule has 0 bridgehead atoms. The van der Waals surface area contributed by atoms with E-state index in [9.17, 15) is 4.79 Å². The average molecular weight is 497 g/mol. The van der Waals surface area contributed by atoms with Crippen LogP contribution in [0, 0.1) is 13.8 Å². The number of hydrogen-bond acceptors (Lipinski definition) is 9. The topological polar surface area (TPSA) is 83.7 Å². The fourth-order valence-electron chi connectivity index (χ4n) is 3.39. The third-order valence-electron chi connectivity index (χ3n) is 5.20. The van der Waals surface area contributed by atoms with Crippen LogP contribution in [-0.2, 0) is 17.1 Å². The van der Waals surface area contributed by atoms with E-state index in [2.05, 4.69) is 10.1 Å². The summed E-state index contributed by atoms with van der Waals surface area (Å²) in [4.78, 5) is 18.3. The molecule has 7 nitrogen and oxygen atoms in total. The molecule has 0 saturated carbocycles. The van der Waals surface area contributed by atoms with Crippen LogP contribution in [-0.4, -0.2) is 30.3 Å². The molecule has 0 N–H and O–H groups in total. The first-order chi connectivity index (χ1) is 16.5. The predicted molar refractivity (Wildman–Crippen MR) is 132 cm³/mol. The highest BCUT2D eigenvalue weighted by atomic mass is 32.2. The fraction of sp³-hybridized carbons (Fsp3) is 0.240. The molecule has 0 saturated heterocycles. The average Bonchev–Trinajstić information content (AvgIpc) is 3.46. The normalized spacial score (nSPS) is 10.8. The van der Waals surface area contributed by atoms with Gasteiger partial charge in [-0.1, -0.05) is 23.4 Å². The second kappa shape index (κ2) is 10.8. The number of ether oxygens (including phenoxy) is 3. The van der Waals surface area contributed by atoms with Gasteiger partial charge < -0.3 is 18.7 Å². The van der Waals surface area contributed by atoms with Crippen LogP contribution in [0.15, 0.2) is 57.3 Å². The second-order valence-corrected chi connectivity index (χ2v) is 9.22. The number of thioether (sulfide) groups is 1. The van der Waals surface area contributed by atoms with Crippen molar-refractivity contribution in [3.8, 4) is 22.1 Å². The SMILES string of the molecule is COc1cccc(-c2nc(COC(=O)c3ccccc3SCc3c(C)noc3C)cs2)c1OC. The van der Waals surface area contributed by atoms with E-state index in [0.29, 0.717) is 28.5 Å². The summed E-state index contributed by atoms with van der Waals surface area (Å²) >= 11 is 3.01. The van der Waals surface area contributed by atoms with E-state index in [0.717, 1.165) is 32.5 Å². The van der Waals surface area contributed by atoms with Crippen molar-refractivity contribution in [2.45, 2.75) is 31.1 Å². The summed E-state index contributed by atoms with van der Waals surface area (Å²) in [5.41, 5.74) is 3.90. The van der Waals surface area contributed by atoms with Gasteiger partial charge in [0.2, 0.25) is 0 Å². The number of aryl methyl sites for hydroxylation is 2. The molecule has 2 heterocycles. The molecule has 34 heavy (non-hydrogen) atoms. The van der Waals surface area contributed by atoms with Crippen molar-refractivity contribution >= 4 is 29.1 Å². The quantitative estimate of drug-likeness (QED) is 0.204. The molecule has 0 unspecified atom stereocenters. The van der Waals surface area contributed by atoms with Gasteiger partial charge in [0.1, 0.15) is 17.4 Å². The Bertz CT molecular complexity index is 1280. The smallest absolute Gasteiger partial charge is 0.339 e. The summed E-state index contributed by atoms with van der Waals surface area (Å²) in [6.45, 7) is 3.87. The Hall–Kier alpha value is -3.30. The van der Waals surface area contributed by atoms with Crippen LogP contribution in [0.2, 0.25) is 0 Å². The van der Waals surface area contributed by atoms with Crippen molar-refractivity contribution < 1.29 is 23.5 Å². The molecule has 0 aliphatic rings. The number of aromatic nitrogens is 2. The summed E-state index contributed by atoms with van der Waals surface area (Å²) in [7, 11) is 3.19. The summed E-state index contributed by atoms with van der Waals surface area (Å²) < 4.78 is 21.7. The van der Waals surface area contributed by atoms with Crippen LogP contribution in [0.3, 0.4) is 0 Å². The standard InChI is InChI=1S/C25H24N2O5S2/c1-15-20(16(2)32-27-15)14-33-22-11-6-5-8-18(22)25(28)31-12-17-13-34-24(26-17)19-9-7-10-21(29-3)23(19)30-4/h5-11,13H,12,14H2,1-4H3. The minimum Gasteiger partial charge on any atom is -0.493 e. The summed E-state index contributed by atoms with van der Waals surface area (Å²) in [5, 5.41) is 6.63. The lowest BCUT2D eigenvalue weighted by molar-refractivity contribution is 0.0464. The van der Waals surface area contributed by atoms with Gasteiger partial charge in [0.25, 0.3) is 0 Å². The summed E-state index contributed by atoms with van der Waals surface area (Å²) in [6, 6.07) is 13.0. The van der Waals surface area contributed by atoms with Crippen LogP contribution < -0.4 is 9.47 Å². The number of benzene rings is 2. The van der Waals surface area contributed by atoms with E-state index in [1.54, 1.807) is 32.0 Å². The van der Waals surface area contributed by atoms with E-state index >= 15 is 0 Å². The molecule has 4 rings (SSSR count). The number of hydrogen-bond donors (Lipinski definition) is 0. The Labute approximate surface area is 206 Å². The van der Waals surface area contributed by atoms with Gasteiger partial charge >= 0.3 is 5.97 Å². The van der Waals surface area contributed by atoms with Crippen LogP contribution >= 0.6 is 23.1 Å². The summed E-state index contributed by atoms with van der Waals surface area (Å²) in [5.74, 6) is 2.30. The molecule has 4 aromatic rings. The van der Waals surface area contributed by atoms with E-state index in [1.165, 1.54) is 11.3 Å². The Kier molecular flexibility index (Phi) is 7.54. The number of methoxy groups -OCH3 is 2. The number of esters is 1. The molecule has 0 spiro atoms. The highest BCUT2D eigenvalue weighted by Gasteiger charge is 2.18. The largest absolute Gasteiger partial charge is 0.493 e. The Balaban J connectivity index is 1.44. The maximum absolute atomic E-state index is 12.9. The minimum atomic E-state index is -0.393. The van der Waals surface area contributed by atoms with Gasteiger partial charge in [0.15, 0.2) is 11.5 Å². The third-order valence-corrected chi connectivity index (χ3v) is 7.22. The molecular formula is C25H24N2O5S2. The molecule has 2 aromatic carbocycles. The van der Waals surface area contributed by atoms with Crippen molar-refractivity contribution in [3.05, 3.63) is 76.1 Å². The Morgan fingerprint density at radius 1 is 1.09 bits per heavy atom. The minimum absolute atomic E-state index is 0.0739. The monoisotopic (exact) mass is 496 g/mol. The molecule has 9 heteroatoms. The van der Waals surface area contributed by atoms with Crippen molar-refractivity contribution in [2.75, 3.05) is 14.2 Å². The maximum Gasteiger partial charge on any atom is 0.339 e.